The second-order valence-corrected chi connectivity index (χ2v) is 4.25. The van der Waals surface area contributed by atoms with Gasteiger partial charge in [0.25, 0.3) is 0 Å². The molecule has 0 fully saturated rings. The molecule has 0 aliphatic rings. The quantitative estimate of drug-likeness (QED) is 0.748. The number of pyridine rings is 1. The van der Waals surface area contributed by atoms with Gasteiger partial charge in [0.2, 0.25) is 0 Å². The van der Waals surface area contributed by atoms with Gasteiger partial charge in [0, 0.05) is 12.2 Å². The Bertz CT molecular complexity index is 617. The van der Waals surface area contributed by atoms with E-state index in [1.54, 1.807) is 6.07 Å². The maximum atomic E-state index is 11.1. The summed E-state index contributed by atoms with van der Waals surface area (Å²) in [5.41, 5.74) is 7.26. The summed E-state index contributed by atoms with van der Waals surface area (Å²) < 4.78 is 0. The zero-order chi connectivity index (χ0) is 13.8. The first-order valence-corrected chi connectivity index (χ1v) is 5.94. The largest absolute Gasteiger partial charge is 0.478 e. The first kappa shape index (κ1) is 13.3. The number of anilines is 2. The number of halogens is 1. The number of carboxylic acids is 1. The average Bonchev–Trinajstić information content (AvgIpc) is 2.38. The minimum absolute atomic E-state index is 0.0579. The normalized spacial score (nSPS) is 10.2. The molecule has 98 valence electrons. The number of carbonyl (C=O) groups is 1. The second kappa shape index (κ2) is 5.69. The number of rotatable bonds is 4. The molecule has 4 N–H and O–H groups in total. The van der Waals surface area contributed by atoms with Crippen molar-refractivity contribution in [3.63, 3.8) is 0 Å². The van der Waals surface area contributed by atoms with Crippen LogP contribution in [0.1, 0.15) is 15.9 Å². The summed E-state index contributed by atoms with van der Waals surface area (Å²) in [6, 6.07) is 10.2. The number of hydrogen-bond donors (Lipinski definition) is 3. The Balaban J connectivity index is 2.36. The van der Waals surface area contributed by atoms with E-state index in [-0.39, 0.29) is 16.5 Å². The number of aromatic nitrogens is 1. The van der Waals surface area contributed by atoms with Gasteiger partial charge >= 0.3 is 5.97 Å². The van der Waals surface area contributed by atoms with E-state index in [4.69, 9.17) is 22.4 Å². The Morgan fingerprint density at radius 3 is 2.84 bits per heavy atom. The molecule has 0 bridgehead atoms. The van der Waals surface area contributed by atoms with Crippen LogP contribution in [0.3, 0.4) is 0 Å². The number of hydrogen-bond acceptors (Lipinski definition) is 4. The zero-order valence-electron chi connectivity index (χ0n) is 9.93. The van der Waals surface area contributed by atoms with Gasteiger partial charge in [-0.25, -0.2) is 9.78 Å². The SMILES string of the molecule is NCc1cccc(Nc2nc(Cl)ccc2C(=O)O)c1. The summed E-state index contributed by atoms with van der Waals surface area (Å²) in [6.07, 6.45) is 0. The van der Waals surface area contributed by atoms with E-state index < -0.39 is 5.97 Å². The molecule has 0 aliphatic heterocycles. The van der Waals surface area contributed by atoms with Crippen molar-refractivity contribution >= 4 is 29.1 Å². The highest BCUT2D eigenvalue weighted by atomic mass is 35.5. The van der Waals surface area contributed by atoms with Crippen LogP contribution in [0.25, 0.3) is 0 Å². The topological polar surface area (TPSA) is 88.2 Å². The number of benzene rings is 1. The van der Waals surface area contributed by atoms with Gasteiger partial charge in [0.05, 0.1) is 0 Å². The molecule has 2 rings (SSSR count). The summed E-state index contributed by atoms with van der Waals surface area (Å²) >= 11 is 5.78. The van der Waals surface area contributed by atoms with Crippen LogP contribution in [-0.2, 0) is 6.54 Å². The highest BCUT2D eigenvalue weighted by Crippen LogP contribution is 2.22. The van der Waals surface area contributed by atoms with Crippen molar-refractivity contribution in [2.24, 2.45) is 5.73 Å². The van der Waals surface area contributed by atoms with Gasteiger partial charge in [-0.3, -0.25) is 0 Å². The van der Waals surface area contributed by atoms with E-state index in [0.29, 0.717) is 12.2 Å². The molecule has 0 aliphatic carbocycles. The van der Waals surface area contributed by atoms with Crippen molar-refractivity contribution in [1.29, 1.82) is 0 Å². The number of nitrogens with two attached hydrogens (primary N) is 1. The first-order chi connectivity index (χ1) is 9.10. The molecule has 19 heavy (non-hydrogen) atoms. The fourth-order valence-corrected chi connectivity index (χ4v) is 1.76. The molecule has 0 atom stereocenters. The lowest BCUT2D eigenvalue weighted by Gasteiger charge is -2.09. The molecule has 1 aromatic heterocycles. The lowest BCUT2D eigenvalue weighted by molar-refractivity contribution is 0.0697. The van der Waals surface area contributed by atoms with Gasteiger partial charge < -0.3 is 16.2 Å². The molecule has 1 aromatic carbocycles. The van der Waals surface area contributed by atoms with E-state index in [9.17, 15) is 4.79 Å². The molecular weight excluding hydrogens is 266 g/mol. The van der Waals surface area contributed by atoms with E-state index in [2.05, 4.69) is 10.3 Å². The van der Waals surface area contributed by atoms with Crippen molar-refractivity contribution in [1.82, 2.24) is 4.98 Å². The summed E-state index contributed by atoms with van der Waals surface area (Å²) in [4.78, 5) is 15.1. The summed E-state index contributed by atoms with van der Waals surface area (Å²) in [5, 5.41) is 12.3. The van der Waals surface area contributed by atoms with Crippen LogP contribution < -0.4 is 11.1 Å². The third kappa shape index (κ3) is 3.21. The summed E-state index contributed by atoms with van der Waals surface area (Å²) in [6.45, 7) is 0.407. The van der Waals surface area contributed by atoms with Crippen molar-refractivity contribution in [2.75, 3.05) is 5.32 Å². The predicted molar refractivity (Wildman–Crippen MR) is 73.8 cm³/mol. The number of nitrogens with zero attached hydrogens (tertiary/aromatic N) is 1. The van der Waals surface area contributed by atoms with Gasteiger partial charge in [-0.15, -0.1) is 0 Å². The van der Waals surface area contributed by atoms with Gasteiger partial charge in [-0.05, 0) is 29.8 Å². The van der Waals surface area contributed by atoms with Gasteiger partial charge in [0.15, 0.2) is 0 Å². The molecule has 5 nitrogen and oxygen atoms in total. The fraction of sp³-hybridized carbons (Fsp3) is 0.0769. The molecule has 2 aromatic rings. The van der Waals surface area contributed by atoms with Crippen LogP contribution in [0.15, 0.2) is 36.4 Å². The number of nitrogens with one attached hydrogen (secondary N) is 1. The van der Waals surface area contributed by atoms with Gasteiger partial charge in [0.1, 0.15) is 16.5 Å². The van der Waals surface area contributed by atoms with Crippen molar-refractivity contribution < 1.29 is 9.90 Å². The van der Waals surface area contributed by atoms with Crippen LogP contribution in [0, 0.1) is 0 Å². The second-order valence-electron chi connectivity index (χ2n) is 3.86. The van der Waals surface area contributed by atoms with Crippen molar-refractivity contribution in [2.45, 2.75) is 6.54 Å². The zero-order valence-corrected chi connectivity index (χ0v) is 10.7. The van der Waals surface area contributed by atoms with Crippen LogP contribution in [-0.4, -0.2) is 16.1 Å². The van der Waals surface area contributed by atoms with E-state index in [0.717, 1.165) is 5.56 Å². The lowest BCUT2D eigenvalue weighted by atomic mass is 10.2. The van der Waals surface area contributed by atoms with E-state index in [1.165, 1.54) is 12.1 Å². The smallest absolute Gasteiger partial charge is 0.339 e. The lowest BCUT2D eigenvalue weighted by Crippen LogP contribution is -2.05. The molecule has 0 unspecified atom stereocenters. The van der Waals surface area contributed by atoms with Crippen LogP contribution in [0.5, 0.6) is 0 Å². The molecular formula is C13H12ClN3O2. The maximum Gasteiger partial charge on any atom is 0.339 e. The third-order valence-electron chi connectivity index (χ3n) is 2.52. The molecule has 0 amide bonds. The first-order valence-electron chi connectivity index (χ1n) is 5.56. The maximum absolute atomic E-state index is 11.1. The Morgan fingerprint density at radius 1 is 1.37 bits per heavy atom. The molecule has 6 heteroatoms. The van der Waals surface area contributed by atoms with E-state index in [1.807, 2.05) is 18.2 Å². The van der Waals surface area contributed by atoms with Gasteiger partial charge in [-0.1, -0.05) is 23.7 Å². The Kier molecular flexibility index (Phi) is 3.99. The Morgan fingerprint density at radius 2 is 2.16 bits per heavy atom. The average molecular weight is 278 g/mol. The molecule has 0 radical (unpaired) electrons. The van der Waals surface area contributed by atoms with Crippen molar-refractivity contribution in [3.05, 3.63) is 52.7 Å². The van der Waals surface area contributed by atoms with Crippen molar-refractivity contribution in [3.8, 4) is 0 Å². The monoisotopic (exact) mass is 277 g/mol. The third-order valence-corrected chi connectivity index (χ3v) is 2.73. The van der Waals surface area contributed by atoms with Crippen LogP contribution >= 0.6 is 11.6 Å². The summed E-state index contributed by atoms with van der Waals surface area (Å²) in [5.74, 6) is -0.865. The number of carboxylic acid groups (broad SMARTS) is 1. The minimum Gasteiger partial charge on any atom is -0.478 e. The van der Waals surface area contributed by atoms with Crippen LogP contribution in [0.4, 0.5) is 11.5 Å². The number of aromatic carboxylic acids is 1. The standard InChI is InChI=1S/C13H12ClN3O2/c14-11-5-4-10(13(18)19)12(17-11)16-9-3-1-2-8(6-9)7-15/h1-6H,7,15H2,(H,16,17)(H,18,19). The Labute approximate surface area is 115 Å². The summed E-state index contributed by atoms with van der Waals surface area (Å²) in [7, 11) is 0. The van der Waals surface area contributed by atoms with Crippen LogP contribution in [0.2, 0.25) is 5.15 Å². The van der Waals surface area contributed by atoms with E-state index >= 15 is 0 Å². The molecule has 0 saturated heterocycles. The fourth-order valence-electron chi connectivity index (χ4n) is 1.62. The highest BCUT2D eigenvalue weighted by Gasteiger charge is 2.12. The molecule has 0 spiro atoms. The highest BCUT2D eigenvalue weighted by molar-refractivity contribution is 6.29. The Hall–Kier alpha value is -2.11. The molecule has 1 heterocycles. The minimum atomic E-state index is -1.07. The predicted octanol–water partition coefficient (Wildman–Crippen LogP) is 2.64. The molecule has 0 saturated carbocycles. The van der Waals surface area contributed by atoms with Gasteiger partial charge in [-0.2, -0.15) is 0 Å².